The lowest BCUT2D eigenvalue weighted by Crippen LogP contribution is -2.37. The van der Waals surface area contributed by atoms with Crippen molar-refractivity contribution < 1.29 is 13.5 Å². The number of alkyl halides is 2. The molecule has 4 nitrogen and oxygen atoms in total. The van der Waals surface area contributed by atoms with Crippen LogP contribution in [0.3, 0.4) is 0 Å². The Morgan fingerprint density at radius 2 is 1.94 bits per heavy atom. The van der Waals surface area contributed by atoms with Gasteiger partial charge >= 0.3 is 0 Å². The van der Waals surface area contributed by atoms with Gasteiger partial charge < -0.3 is 9.64 Å². The number of anilines is 1. The molecule has 2 aliphatic rings. The van der Waals surface area contributed by atoms with E-state index >= 15 is 0 Å². The number of aromatic nitrogens is 2. The van der Waals surface area contributed by atoms with E-state index in [1.54, 1.807) is 13.2 Å². The molecule has 3 rings (SSSR count). The average molecular weight is 255 g/mol. The summed E-state index contributed by atoms with van der Waals surface area (Å²) in [6.45, 7) is 1.24. The summed E-state index contributed by atoms with van der Waals surface area (Å²) in [6.07, 6.45) is 2.56. The fourth-order valence-corrected chi connectivity index (χ4v) is 2.70. The second kappa shape index (κ2) is 3.76. The minimum atomic E-state index is -2.44. The molecule has 18 heavy (non-hydrogen) atoms. The first kappa shape index (κ1) is 11.6. The zero-order valence-corrected chi connectivity index (χ0v) is 10.2. The number of rotatable bonds is 2. The molecule has 1 saturated heterocycles. The van der Waals surface area contributed by atoms with Crippen LogP contribution in [0, 0.1) is 5.41 Å². The summed E-state index contributed by atoms with van der Waals surface area (Å²) in [7, 11) is 1.54. The highest BCUT2D eigenvalue weighted by atomic mass is 19.3. The normalized spacial score (nSPS) is 24.1. The molecule has 1 aliphatic carbocycles. The van der Waals surface area contributed by atoms with E-state index in [4.69, 9.17) is 4.74 Å². The predicted molar refractivity (Wildman–Crippen MR) is 62.0 cm³/mol. The minimum Gasteiger partial charge on any atom is -0.481 e. The molecule has 1 aromatic rings. The smallest absolute Gasteiger partial charge is 0.254 e. The first-order chi connectivity index (χ1) is 8.56. The SMILES string of the molecule is COc1cc(N2CCC3(CC2)CC3(F)F)ncn1. The summed E-state index contributed by atoms with van der Waals surface area (Å²) in [5.74, 6) is -1.19. The molecule has 1 aliphatic heterocycles. The molecule has 98 valence electrons. The highest BCUT2D eigenvalue weighted by Crippen LogP contribution is 2.65. The molecule has 1 spiro atoms. The van der Waals surface area contributed by atoms with Gasteiger partial charge in [0.1, 0.15) is 12.1 Å². The molecule has 0 unspecified atom stereocenters. The molecule has 0 radical (unpaired) electrons. The van der Waals surface area contributed by atoms with Gasteiger partial charge in [0.2, 0.25) is 5.88 Å². The first-order valence-electron chi connectivity index (χ1n) is 6.05. The standard InChI is InChI=1S/C12H15F2N3O/c1-18-10-6-9(15-8-16-10)17-4-2-11(3-5-17)7-12(11,13)14/h6,8H,2-5,7H2,1H3. The van der Waals surface area contributed by atoms with Crippen LogP contribution in [0.25, 0.3) is 0 Å². The lowest BCUT2D eigenvalue weighted by molar-refractivity contribution is 0.0536. The Bertz CT molecular complexity index is 458. The lowest BCUT2D eigenvalue weighted by Gasteiger charge is -2.33. The minimum absolute atomic E-state index is 0.0565. The predicted octanol–water partition coefficient (Wildman–Crippen LogP) is 2.11. The largest absolute Gasteiger partial charge is 0.481 e. The maximum absolute atomic E-state index is 13.3. The van der Waals surface area contributed by atoms with Crippen molar-refractivity contribution in [3.63, 3.8) is 0 Å². The zero-order valence-electron chi connectivity index (χ0n) is 10.2. The summed E-state index contributed by atoms with van der Waals surface area (Å²) in [4.78, 5) is 10.1. The fraction of sp³-hybridized carbons (Fsp3) is 0.667. The van der Waals surface area contributed by atoms with E-state index in [-0.39, 0.29) is 6.42 Å². The highest BCUT2D eigenvalue weighted by molar-refractivity contribution is 5.42. The van der Waals surface area contributed by atoms with E-state index < -0.39 is 11.3 Å². The van der Waals surface area contributed by atoms with Gasteiger partial charge in [-0.3, -0.25) is 0 Å². The van der Waals surface area contributed by atoms with Crippen LogP contribution >= 0.6 is 0 Å². The van der Waals surface area contributed by atoms with Crippen LogP contribution in [0.5, 0.6) is 5.88 Å². The molecule has 0 aromatic carbocycles. The molecular weight excluding hydrogens is 240 g/mol. The van der Waals surface area contributed by atoms with Crippen LogP contribution in [0.1, 0.15) is 19.3 Å². The van der Waals surface area contributed by atoms with Crippen molar-refractivity contribution in [1.82, 2.24) is 9.97 Å². The molecule has 2 heterocycles. The van der Waals surface area contributed by atoms with Crippen molar-refractivity contribution in [3.8, 4) is 5.88 Å². The Morgan fingerprint density at radius 1 is 1.28 bits per heavy atom. The average Bonchev–Trinajstić information content (AvgIpc) is 2.91. The topological polar surface area (TPSA) is 38.2 Å². The van der Waals surface area contributed by atoms with E-state index in [2.05, 4.69) is 9.97 Å². The lowest BCUT2D eigenvalue weighted by atomic mass is 9.93. The zero-order chi connectivity index (χ0) is 12.8. The van der Waals surface area contributed by atoms with Crippen molar-refractivity contribution >= 4 is 5.82 Å². The van der Waals surface area contributed by atoms with Crippen LogP contribution in [0.15, 0.2) is 12.4 Å². The number of ether oxygens (including phenoxy) is 1. The van der Waals surface area contributed by atoms with Gasteiger partial charge in [0.15, 0.2) is 0 Å². The summed E-state index contributed by atoms with van der Waals surface area (Å²) in [5, 5.41) is 0. The quantitative estimate of drug-likeness (QED) is 0.811. The van der Waals surface area contributed by atoms with E-state index in [9.17, 15) is 8.78 Å². The number of piperidine rings is 1. The molecule has 1 aromatic heterocycles. The summed E-state index contributed by atoms with van der Waals surface area (Å²) in [5.41, 5.74) is -0.722. The van der Waals surface area contributed by atoms with Gasteiger partial charge in [-0.1, -0.05) is 0 Å². The molecule has 6 heteroatoms. The second-order valence-electron chi connectivity index (χ2n) is 5.07. The van der Waals surface area contributed by atoms with Gasteiger partial charge in [0, 0.05) is 31.0 Å². The molecular formula is C12H15F2N3O. The number of methoxy groups -OCH3 is 1. The van der Waals surface area contributed by atoms with E-state index in [0.29, 0.717) is 31.8 Å². The number of hydrogen-bond donors (Lipinski definition) is 0. The van der Waals surface area contributed by atoms with Gasteiger partial charge in [-0.05, 0) is 12.8 Å². The fourth-order valence-electron chi connectivity index (χ4n) is 2.70. The maximum atomic E-state index is 13.3. The van der Waals surface area contributed by atoms with Crippen LogP contribution in [-0.4, -0.2) is 36.1 Å². The summed E-state index contributed by atoms with van der Waals surface area (Å²) in [6, 6.07) is 1.74. The maximum Gasteiger partial charge on any atom is 0.254 e. The van der Waals surface area contributed by atoms with E-state index in [1.807, 2.05) is 4.90 Å². The van der Waals surface area contributed by atoms with E-state index in [1.165, 1.54) is 6.33 Å². The Kier molecular flexibility index (Phi) is 2.43. The molecule has 0 bridgehead atoms. The third-order valence-corrected chi connectivity index (χ3v) is 4.09. The Morgan fingerprint density at radius 3 is 2.50 bits per heavy atom. The first-order valence-corrected chi connectivity index (χ1v) is 6.05. The number of halogens is 2. The van der Waals surface area contributed by atoms with Crippen molar-refractivity contribution in [2.45, 2.75) is 25.2 Å². The number of nitrogens with zero attached hydrogens (tertiary/aromatic N) is 3. The van der Waals surface area contributed by atoms with Gasteiger partial charge in [-0.25, -0.2) is 18.7 Å². The van der Waals surface area contributed by atoms with Crippen molar-refractivity contribution in [2.24, 2.45) is 5.41 Å². The second-order valence-corrected chi connectivity index (χ2v) is 5.07. The third-order valence-electron chi connectivity index (χ3n) is 4.09. The van der Waals surface area contributed by atoms with Gasteiger partial charge in [-0.2, -0.15) is 0 Å². The van der Waals surface area contributed by atoms with Crippen LogP contribution < -0.4 is 9.64 Å². The van der Waals surface area contributed by atoms with Gasteiger partial charge in [-0.15, -0.1) is 0 Å². The van der Waals surface area contributed by atoms with E-state index in [0.717, 1.165) is 5.82 Å². The van der Waals surface area contributed by atoms with Crippen LogP contribution in [0.4, 0.5) is 14.6 Å². The van der Waals surface area contributed by atoms with Crippen molar-refractivity contribution in [1.29, 1.82) is 0 Å². The van der Waals surface area contributed by atoms with Crippen LogP contribution in [0.2, 0.25) is 0 Å². The monoisotopic (exact) mass is 255 g/mol. The molecule has 1 saturated carbocycles. The van der Waals surface area contributed by atoms with Gasteiger partial charge in [0.25, 0.3) is 5.92 Å². The Labute approximate surface area is 104 Å². The number of hydrogen-bond acceptors (Lipinski definition) is 4. The van der Waals surface area contributed by atoms with Crippen LogP contribution in [-0.2, 0) is 0 Å². The molecule has 0 amide bonds. The Hall–Kier alpha value is -1.46. The molecule has 2 fully saturated rings. The van der Waals surface area contributed by atoms with Crippen molar-refractivity contribution in [3.05, 3.63) is 12.4 Å². The Balaban J connectivity index is 1.69. The molecule has 0 N–H and O–H groups in total. The molecule has 0 atom stereocenters. The summed E-state index contributed by atoms with van der Waals surface area (Å²) < 4.78 is 31.5. The highest BCUT2D eigenvalue weighted by Gasteiger charge is 2.70. The third kappa shape index (κ3) is 1.71. The van der Waals surface area contributed by atoms with Gasteiger partial charge in [0.05, 0.1) is 7.11 Å². The summed E-state index contributed by atoms with van der Waals surface area (Å²) >= 11 is 0. The van der Waals surface area contributed by atoms with Crippen molar-refractivity contribution in [2.75, 3.05) is 25.1 Å².